The van der Waals surface area contributed by atoms with Crippen molar-refractivity contribution in [3.05, 3.63) is 63.6 Å². The molecule has 1 aliphatic rings. The Morgan fingerprint density at radius 2 is 1.92 bits per heavy atom. The van der Waals surface area contributed by atoms with Gasteiger partial charge in [-0.1, -0.05) is 29.3 Å². The minimum Gasteiger partial charge on any atom is -0.488 e. The first kappa shape index (κ1) is 17.2. The van der Waals surface area contributed by atoms with E-state index in [1.807, 2.05) is 0 Å². The Balaban J connectivity index is 1.70. The van der Waals surface area contributed by atoms with Crippen molar-refractivity contribution in [1.82, 2.24) is 0 Å². The predicted octanol–water partition coefficient (Wildman–Crippen LogP) is 4.04. The Morgan fingerprint density at radius 3 is 2.54 bits per heavy atom. The zero-order valence-electron chi connectivity index (χ0n) is 12.9. The average Bonchev–Trinajstić information content (AvgIpc) is 3.10. The van der Waals surface area contributed by atoms with E-state index in [1.165, 1.54) is 0 Å². The van der Waals surface area contributed by atoms with Crippen LogP contribution in [-0.2, 0) is 4.74 Å². The molecule has 2 N–H and O–H groups in total. The largest absolute Gasteiger partial charge is 0.488 e. The Bertz CT molecular complexity index is 728. The lowest BCUT2D eigenvalue weighted by Gasteiger charge is -2.14. The number of Topliss-reactive ketones (excluding diaryl/α,β-unsaturated/α-hetero) is 1. The quantitative estimate of drug-likeness (QED) is 0.812. The summed E-state index contributed by atoms with van der Waals surface area (Å²) in [6, 6.07) is 11.1. The molecule has 0 spiro atoms. The van der Waals surface area contributed by atoms with Crippen LogP contribution in [0, 0.1) is 0 Å². The summed E-state index contributed by atoms with van der Waals surface area (Å²) in [6.07, 6.45) is 0.952. The van der Waals surface area contributed by atoms with Crippen molar-refractivity contribution in [2.75, 3.05) is 13.2 Å². The number of hydrogen-bond donors (Lipinski definition) is 1. The van der Waals surface area contributed by atoms with Crippen molar-refractivity contribution in [2.45, 2.75) is 18.6 Å². The zero-order valence-corrected chi connectivity index (χ0v) is 14.4. The lowest BCUT2D eigenvalue weighted by Crippen LogP contribution is -2.21. The van der Waals surface area contributed by atoms with Crippen LogP contribution in [0.1, 0.15) is 28.4 Å². The molecule has 1 saturated heterocycles. The summed E-state index contributed by atoms with van der Waals surface area (Å²) in [4.78, 5) is 12.5. The monoisotopic (exact) mass is 365 g/mol. The Morgan fingerprint density at radius 1 is 1.17 bits per heavy atom. The minimum absolute atomic E-state index is 0.0741. The van der Waals surface area contributed by atoms with E-state index in [0.29, 0.717) is 33.5 Å². The second-order valence-corrected chi connectivity index (χ2v) is 6.46. The van der Waals surface area contributed by atoms with Crippen LogP contribution in [0.4, 0.5) is 0 Å². The number of carbonyl (C=O) groups excluding carboxylic acids is 1. The van der Waals surface area contributed by atoms with Crippen molar-refractivity contribution in [1.29, 1.82) is 0 Å². The molecular formula is C18H17Cl2NO3. The van der Waals surface area contributed by atoms with E-state index in [2.05, 4.69) is 0 Å². The standard InChI is InChI=1S/C18H17Cl2NO3/c19-15-6-3-12(9-16(15)20)17(21)18(22)11-1-4-13(5-2-11)24-14-7-8-23-10-14/h1-6,9,14,17H,7-8,10,21H2. The summed E-state index contributed by atoms with van der Waals surface area (Å²) in [7, 11) is 0. The maximum atomic E-state index is 12.5. The van der Waals surface area contributed by atoms with Crippen molar-refractivity contribution in [3.63, 3.8) is 0 Å². The molecule has 2 aromatic rings. The fraction of sp³-hybridized carbons (Fsp3) is 0.278. The van der Waals surface area contributed by atoms with Crippen LogP contribution in [0.3, 0.4) is 0 Å². The van der Waals surface area contributed by atoms with Crippen LogP contribution in [0.5, 0.6) is 5.75 Å². The number of halogens is 2. The summed E-state index contributed by atoms with van der Waals surface area (Å²) in [5, 5.41) is 0.803. The van der Waals surface area contributed by atoms with Crippen molar-refractivity contribution < 1.29 is 14.3 Å². The molecule has 2 aromatic carbocycles. The van der Waals surface area contributed by atoms with Crippen LogP contribution in [-0.4, -0.2) is 25.1 Å². The summed E-state index contributed by atoms with van der Waals surface area (Å²) in [5.41, 5.74) is 7.20. The first-order chi connectivity index (χ1) is 11.5. The van der Waals surface area contributed by atoms with Gasteiger partial charge in [0.2, 0.25) is 0 Å². The number of ketones is 1. The predicted molar refractivity (Wildman–Crippen MR) is 94.0 cm³/mol. The number of benzene rings is 2. The molecular weight excluding hydrogens is 349 g/mol. The molecule has 3 rings (SSSR count). The lowest BCUT2D eigenvalue weighted by atomic mass is 9.98. The van der Waals surface area contributed by atoms with E-state index in [9.17, 15) is 4.79 Å². The molecule has 2 atom stereocenters. The number of carbonyl (C=O) groups is 1. The maximum Gasteiger partial charge on any atom is 0.184 e. The molecule has 4 nitrogen and oxygen atoms in total. The number of nitrogens with two attached hydrogens (primary N) is 1. The summed E-state index contributed by atoms with van der Waals surface area (Å²) < 4.78 is 11.1. The molecule has 24 heavy (non-hydrogen) atoms. The highest BCUT2D eigenvalue weighted by atomic mass is 35.5. The van der Waals surface area contributed by atoms with E-state index < -0.39 is 6.04 Å². The molecule has 0 radical (unpaired) electrons. The zero-order chi connectivity index (χ0) is 17.1. The van der Waals surface area contributed by atoms with Gasteiger partial charge in [0.1, 0.15) is 11.9 Å². The van der Waals surface area contributed by atoms with E-state index >= 15 is 0 Å². The number of ether oxygens (including phenoxy) is 2. The van der Waals surface area contributed by atoms with Gasteiger partial charge in [-0.3, -0.25) is 4.79 Å². The first-order valence-electron chi connectivity index (χ1n) is 7.64. The highest BCUT2D eigenvalue weighted by molar-refractivity contribution is 6.42. The highest BCUT2D eigenvalue weighted by Gasteiger charge is 2.20. The van der Waals surface area contributed by atoms with E-state index in [0.717, 1.165) is 13.0 Å². The Kier molecular flexibility index (Phi) is 5.41. The fourth-order valence-electron chi connectivity index (χ4n) is 2.53. The van der Waals surface area contributed by atoms with E-state index in [1.54, 1.807) is 42.5 Å². The molecule has 1 heterocycles. The van der Waals surface area contributed by atoms with Crippen LogP contribution in [0.2, 0.25) is 10.0 Å². The molecule has 0 aromatic heterocycles. The molecule has 2 unspecified atom stereocenters. The van der Waals surface area contributed by atoms with E-state index in [4.69, 9.17) is 38.4 Å². The molecule has 0 aliphatic carbocycles. The van der Waals surface area contributed by atoms with E-state index in [-0.39, 0.29) is 11.9 Å². The number of hydrogen-bond acceptors (Lipinski definition) is 4. The molecule has 0 saturated carbocycles. The van der Waals surface area contributed by atoms with Gasteiger partial charge < -0.3 is 15.2 Å². The highest BCUT2D eigenvalue weighted by Crippen LogP contribution is 2.27. The lowest BCUT2D eigenvalue weighted by molar-refractivity contribution is 0.0961. The third-order valence-corrected chi connectivity index (χ3v) is 4.65. The van der Waals surface area contributed by atoms with Crippen LogP contribution >= 0.6 is 23.2 Å². The van der Waals surface area contributed by atoms with Gasteiger partial charge in [-0.05, 0) is 42.0 Å². The van der Waals surface area contributed by atoms with Crippen molar-refractivity contribution in [3.8, 4) is 5.75 Å². The molecule has 0 bridgehead atoms. The van der Waals surface area contributed by atoms with Crippen LogP contribution in [0.25, 0.3) is 0 Å². The fourth-order valence-corrected chi connectivity index (χ4v) is 2.84. The van der Waals surface area contributed by atoms with Gasteiger partial charge in [0.15, 0.2) is 5.78 Å². The van der Waals surface area contributed by atoms with Crippen LogP contribution < -0.4 is 10.5 Å². The minimum atomic E-state index is -0.797. The summed E-state index contributed by atoms with van der Waals surface area (Å²) >= 11 is 11.9. The Hall–Kier alpha value is -1.59. The topological polar surface area (TPSA) is 61.6 Å². The third-order valence-electron chi connectivity index (χ3n) is 3.91. The smallest absolute Gasteiger partial charge is 0.184 e. The Labute approximate surface area is 150 Å². The second-order valence-electron chi connectivity index (χ2n) is 5.64. The van der Waals surface area contributed by atoms with Gasteiger partial charge in [-0.25, -0.2) is 0 Å². The second kappa shape index (κ2) is 7.53. The van der Waals surface area contributed by atoms with Crippen LogP contribution in [0.15, 0.2) is 42.5 Å². The molecule has 1 aliphatic heterocycles. The first-order valence-corrected chi connectivity index (χ1v) is 8.39. The van der Waals surface area contributed by atoms with Gasteiger partial charge in [-0.2, -0.15) is 0 Å². The maximum absolute atomic E-state index is 12.5. The van der Waals surface area contributed by atoms with Crippen molar-refractivity contribution in [2.24, 2.45) is 5.73 Å². The van der Waals surface area contributed by atoms with Gasteiger partial charge in [-0.15, -0.1) is 0 Å². The SMILES string of the molecule is NC(C(=O)c1ccc(OC2CCOC2)cc1)c1ccc(Cl)c(Cl)c1. The van der Waals surface area contributed by atoms with Gasteiger partial charge >= 0.3 is 0 Å². The van der Waals surface area contributed by atoms with Gasteiger partial charge in [0.25, 0.3) is 0 Å². The summed E-state index contributed by atoms with van der Waals surface area (Å²) in [6.45, 7) is 1.32. The normalized spacial score (nSPS) is 18.4. The molecule has 0 amide bonds. The molecule has 6 heteroatoms. The average molecular weight is 366 g/mol. The number of rotatable bonds is 5. The summed E-state index contributed by atoms with van der Waals surface area (Å²) in [5.74, 6) is 0.522. The molecule has 126 valence electrons. The van der Waals surface area contributed by atoms with Gasteiger partial charge in [0.05, 0.1) is 29.3 Å². The van der Waals surface area contributed by atoms with Crippen molar-refractivity contribution >= 4 is 29.0 Å². The molecule has 1 fully saturated rings. The third kappa shape index (κ3) is 3.90. The van der Waals surface area contributed by atoms with Gasteiger partial charge in [0, 0.05) is 12.0 Å².